The Bertz CT molecular complexity index is 904. The highest BCUT2D eigenvalue weighted by Gasteiger charge is 2.19. The first-order valence-electron chi connectivity index (χ1n) is 7.72. The van der Waals surface area contributed by atoms with Crippen LogP contribution in [0.4, 0.5) is 5.69 Å². The zero-order valence-electron chi connectivity index (χ0n) is 13.8. The number of amides is 1. The normalized spacial score (nSPS) is 12.2. The van der Waals surface area contributed by atoms with E-state index in [1.807, 2.05) is 31.2 Å². The smallest absolute Gasteiger partial charge is 0.249 e. The van der Waals surface area contributed by atoms with E-state index in [-0.39, 0.29) is 5.91 Å². The van der Waals surface area contributed by atoms with Crippen LogP contribution in [-0.2, 0) is 11.3 Å². The lowest BCUT2D eigenvalue weighted by molar-refractivity contribution is -0.119. The second-order valence-electron chi connectivity index (χ2n) is 5.71. The lowest BCUT2D eigenvalue weighted by Crippen LogP contribution is -2.25. The van der Waals surface area contributed by atoms with E-state index in [2.05, 4.69) is 31.4 Å². The molecule has 8 heteroatoms. The topological polar surface area (TPSA) is 64.7 Å². The van der Waals surface area contributed by atoms with Gasteiger partial charge in [0.1, 0.15) is 6.04 Å². The van der Waals surface area contributed by atoms with Gasteiger partial charge in [-0.15, -0.1) is 0 Å². The van der Waals surface area contributed by atoms with E-state index in [0.717, 1.165) is 15.7 Å². The summed E-state index contributed by atoms with van der Waals surface area (Å²) in [6, 6.07) is 7.17. The average molecular weight is 423 g/mol. The van der Waals surface area contributed by atoms with Gasteiger partial charge in [0.2, 0.25) is 5.91 Å². The molecule has 3 rings (SSSR count). The molecule has 1 atom stereocenters. The number of hydrogen-bond donors (Lipinski definition) is 1. The number of benzene rings is 1. The van der Waals surface area contributed by atoms with Crippen LogP contribution in [0.1, 0.15) is 24.2 Å². The van der Waals surface area contributed by atoms with Crippen molar-refractivity contribution in [3.05, 3.63) is 63.6 Å². The highest BCUT2D eigenvalue weighted by atomic mass is 79.9. The molecule has 0 saturated carbocycles. The molecule has 1 aromatic carbocycles. The maximum atomic E-state index is 12.5. The number of carbonyl (C=O) groups excluding carboxylic acids is 1. The summed E-state index contributed by atoms with van der Waals surface area (Å²) in [6.45, 7) is 4.24. The molecule has 2 aromatic heterocycles. The Kier molecular flexibility index (Phi) is 5.24. The summed E-state index contributed by atoms with van der Waals surface area (Å²) < 4.78 is 4.28. The third-order valence-corrected chi connectivity index (χ3v) is 5.07. The van der Waals surface area contributed by atoms with Gasteiger partial charge in [-0.3, -0.25) is 14.2 Å². The summed E-state index contributed by atoms with van der Waals surface area (Å²) in [5.74, 6) is -0.156. The van der Waals surface area contributed by atoms with Gasteiger partial charge in [0.05, 0.1) is 34.8 Å². The summed E-state index contributed by atoms with van der Waals surface area (Å²) in [5.41, 5.74) is 2.50. The number of aromatic nitrogens is 4. The Morgan fingerprint density at radius 3 is 2.76 bits per heavy atom. The van der Waals surface area contributed by atoms with Crippen LogP contribution in [0.25, 0.3) is 0 Å². The highest BCUT2D eigenvalue weighted by molar-refractivity contribution is 9.10. The molecule has 0 aliphatic rings. The van der Waals surface area contributed by atoms with Crippen molar-refractivity contribution < 1.29 is 4.79 Å². The Balaban J connectivity index is 1.68. The molecule has 0 aliphatic heterocycles. The van der Waals surface area contributed by atoms with Crippen molar-refractivity contribution in [3.63, 3.8) is 0 Å². The lowest BCUT2D eigenvalue weighted by atomic mass is 10.2. The van der Waals surface area contributed by atoms with Crippen molar-refractivity contribution in [2.45, 2.75) is 26.4 Å². The Morgan fingerprint density at radius 1 is 1.32 bits per heavy atom. The molecule has 1 unspecified atom stereocenters. The SMILES string of the molecule is Cc1c(Br)cnn1C(C)C(=O)Nc1cnn(Cc2ccccc2Cl)c1. The van der Waals surface area contributed by atoms with Gasteiger partial charge in [0, 0.05) is 11.2 Å². The molecule has 0 saturated heterocycles. The van der Waals surface area contributed by atoms with Gasteiger partial charge in [-0.1, -0.05) is 29.8 Å². The maximum absolute atomic E-state index is 12.5. The summed E-state index contributed by atoms with van der Waals surface area (Å²) in [5, 5.41) is 12.1. The number of nitrogens with zero attached hydrogens (tertiary/aromatic N) is 4. The van der Waals surface area contributed by atoms with E-state index in [4.69, 9.17) is 11.6 Å². The van der Waals surface area contributed by atoms with Crippen LogP contribution in [0.5, 0.6) is 0 Å². The number of carbonyl (C=O) groups is 1. The largest absolute Gasteiger partial charge is 0.322 e. The summed E-state index contributed by atoms with van der Waals surface area (Å²) in [4.78, 5) is 12.5. The van der Waals surface area contributed by atoms with E-state index in [1.54, 1.807) is 34.9 Å². The van der Waals surface area contributed by atoms with Crippen molar-refractivity contribution in [1.29, 1.82) is 0 Å². The maximum Gasteiger partial charge on any atom is 0.249 e. The summed E-state index contributed by atoms with van der Waals surface area (Å²) >= 11 is 9.57. The minimum Gasteiger partial charge on any atom is -0.322 e. The predicted molar refractivity (Wildman–Crippen MR) is 101 cm³/mol. The third kappa shape index (κ3) is 3.93. The molecule has 0 spiro atoms. The zero-order valence-corrected chi connectivity index (χ0v) is 16.1. The van der Waals surface area contributed by atoms with E-state index < -0.39 is 6.04 Å². The molecule has 1 N–H and O–H groups in total. The van der Waals surface area contributed by atoms with Gasteiger partial charge in [-0.25, -0.2) is 0 Å². The first-order valence-corrected chi connectivity index (χ1v) is 8.89. The van der Waals surface area contributed by atoms with E-state index in [0.29, 0.717) is 17.3 Å². The van der Waals surface area contributed by atoms with Gasteiger partial charge in [-0.05, 0) is 41.4 Å². The van der Waals surface area contributed by atoms with Crippen LogP contribution < -0.4 is 5.32 Å². The monoisotopic (exact) mass is 421 g/mol. The lowest BCUT2D eigenvalue weighted by Gasteiger charge is -2.13. The summed E-state index contributed by atoms with van der Waals surface area (Å²) in [6.07, 6.45) is 5.08. The highest BCUT2D eigenvalue weighted by Crippen LogP contribution is 2.20. The molecule has 0 radical (unpaired) electrons. The number of halogens is 2. The molecule has 1 amide bonds. The molecule has 0 bridgehead atoms. The van der Waals surface area contributed by atoms with Crippen molar-refractivity contribution in [3.8, 4) is 0 Å². The number of nitrogens with one attached hydrogen (secondary N) is 1. The number of anilines is 1. The molecule has 6 nitrogen and oxygen atoms in total. The third-order valence-electron chi connectivity index (χ3n) is 3.92. The van der Waals surface area contributed by atoms with Crippen molar-refractivity contribution in [2.75, 3.05) is 5.32 Å². The number of rotatable bonds is 5. The van der Waals surface area contributed by atoms with Gasteiger partial charge in [0.15, 0.2) is 0 Å². The summed E-state index contributed by atoms with van der Waals surface area (Å²) in [7, 11) is 0. The fourth-order valence-corrected chi connectivity index (χ4v) is 2.94. The standard InChI is InChI=1S/C17H17BrClN5O/c1-11-15(18)8-21-24(11)12(2)17(25)22-14-7-20-23(10-14)9-13-5-3-4-6-16(13)19/h3-8,10,12H,9H2,1-2H3,(H,22,25). The van der Waals surface area contributed by atoms with Crippen LogP contribution in [0.15, 0.2) is 47.3 Å². The average Bonchev–Trinajstić information content (AvgIpc) is 3.16. The fourth-order valence-electron chi connectivity index (χ4n) is 2.47. The molecule has 2 heterocycles. The molecule has 0 fully saturated rings. The second kappa shape index (κ2) is 7.41. The molecular weight excluding hydrogens is 406 g/mol. The van der Waals surface area contributed by atoms with Gasteiger partial charge >= 0.3 is 0 Å². The minimum atomic E-state index is -0.432. The van der Waals surface area contributed by atoms with Crippen LogP contribution in [-0.4, -0.2) is 25.5 Å². The van der Waals surface area contributed by atoms with Gasteiger partial charge in [-0.2, -0.15) is 10.2 Å². The Hall–Kier alpha value is -2.12. The quantitative estimate of drug-likeness (QED) is 0.674. The minimum absolute atomic E-state index is 0.156. The molecule has 3 aromatic rings. The first-order chi connectivity index (χ1) is 12.0. The first kappa shape index (κ1) is 17.7. The van der Waals surface area contributed by atoms with Gasteiger partial charge < -0.3 is 5.32 Å². The predicted octanol–water partition coefficient (Wildman–Crippen LogP) is 4.05. The second-order valence-corrected chi connectivity index (χ2v) is 6.97. The van der Waals surface area contributed by atoms with Crippen molar-refractivity contribution in [2.24, 2.45) is 0 Å². The van der Waals surface area contributed by atoms with Crippen molar-refractivity contribution >= 4 is 39.1 Å². The fraction of sp³-hybridized carbons (Fsp3) is 0.235. The molecule has 130 valence electrons. The molecule has 25 heavy (non-hydrogen) atoms. The molecule has 0 aliphatic carbocycles. The Morgan fingerprint density at radius 2 is 2.08 bits per heavy atom. The van der Waals surface area contributed by atoms with Crippen LogP contribution >= 0.6 is 27.5 Å². The Labute approximate surface area is 158 Å². The van der Waals surface area contributed by atoms with E-state index >= 15 is 0 Å². The van der Waals surface area contributed by atoms with Crippen LogP contribution in [0.3, 0.4) is 0 Å². The van der Waals surface area contributed by atoms with E-state index in [1.165, 1.54) is 0 Å². The van der Waals surface area contributed by atoms with Crippen molar-refractivity contribution in [1.82, 2.24) is 19.6 Å². The molecular formula is C17H17BrClN5O. The van der Waals surface area contributed by atoms with Crippen LogP contribution in [0, 0.1) is 6.92 Å². The number of hydrogen-bond acceptors (Lipinski definition) is 3. The zero-order chi connectivity index (χ0) is 18.0. The van der Waals surface area contributed by atoms with Gasteiger partial charge in [0.25, 0.3) is 0 Å². The van der Waals surface area contributed by atoms with E-state index in [9.17, 15) is 4.79 Å². The van der Waals surface area contributed by atoms with Crippen LogP contribution in [0.2, 0.25) is 5.02 Å².